The molecule has 1 aromatic heterocycles. The van der Waals surface area contributed by atoms with Crippen LogP contribution in [-0.2, 0) is 14.3 Å². The van der Waals surface area contributed by atoms with Gasteiger partial charge in [-0.2, -0.15) is 0 Å². The highest BCUT2D eigenvalue weighted by atomic mass is 32.1. The molecule has 0 aromatic carbocycles. The van der Waals surface area contributed by atoms with Crippen molar-refractivity contribution in [3.63, 3.8) is 0 Å². The van der Waals surface area contributed by atoms with Crippen LogP contribution in [0.3, 0.4) is 0 Å². The molecule has 0 spiro atoms. The van der Waals surface area contributed by atoms with Crippen molar-refractivity contribution >= 4 is 29.5 Å². The van der Waals surface area contributed by atoms with Gasteiger partial charge in [0.15, 0.2) is 17.1 Å². The second-order valence-electron chi connectivity index (χ2n) is 10.8. The summed E-state index contributed by atoms with van der Waals surface area (Å²) in [4.78, 5) is 38.1. The van der Waals surface area contributed by atoms with E-state index in [0.717, 1.165) is 0 Å². The molecule has 0 bridgehead atoms. The minimum absolute atomic E-state index is 0.0404. The van der Waals surface area contributed by atoms with Crippen LogP contribution in [0, 0.1) is 28.6 Å². The van der Waals surface area contributed by atoms with Crippen LogP contribution in [0.25, 0.3) is 0 Å². The molecule has 0 radical (unpaired) electrons. The normalized spacial score (nSPS) is 45.1. The summed E-state index contributed by atoms with van der Waals surface area (Å²) in [6, 6.07) is 3.00. The van der Waals surface area contributed by atoms with Crippen molar-refractivity contribution < 1.29 is 33.0 Å². The maximum absolute atomic E-state index is 17.3. The zero-order chi connectivity index (χ0) is 24.7. The summed E-state index contributed by atoms with van der Waals surface area (Å²) < 4.78 is 28.4. The number of fused-ring (bicyclic) bond motifs is 5. The molecule has 1 heterocycles. The fraction of sp³-hybridized carbons (Fsp3) is 0.577. The van der Waals surface area contributed by atoms with Gasteiger partial charge in [0.2, 0.25) is 10.9 Å². The monoisotopic (exact) mass is 488 g/mol. The van der Waals surface area contributed by atoms with E-state index in [1.165, 1.54) is 24.5 Å². The average Bonchev–Trinajstić information content (AvgIpc) is 3.37. The van der Waals surface area contributed by atoms with Gasteiger partial charge >= 0.3 is 5.97 Å². The zero-order valence-corrected chi connectivity index (χ0v) is 20.3. The number of ether oxygens (including phenoxy) is 1. The summed E-state index contributed by atoms with van der Waals surface area (Å²) in [5.74, 6) is -2.40. The van der Waals surface area contributed by atoms with Crippen LogP contribution in [0.1, 0.15) is 57.0 Å². The summed E-state index contributed by atoms with van der Waals surface area (Å²) in [5, 5.41) is 10.8. The van der Waals surface area contributed by atoms with Crippen LogP contribution < -0.4 is 0 Å². The second-order valence-corrected chi connectivity index (χ2v) is 11.2. The largest absolute Gasteiger partial charge is 0.457 e. The van der Waals surface area contributed by atoms with Crippen LogP contribution >= 0.6 is 12.6 Å². The number of hydrogen-bond acceptors (Lipinski definition) is 6. The molecular formula is C26H29FO6S. The Morgan fingerprint density at radius 3 is 2.68 bits per heavy atom. The first-order valence-corrected chi connectivity index (χ1v) is 12.2. The number of rotatable bonds is 3. The van der Waals surface area contributed by atoms with Crippen molar-refractivity contribution in [2.75, 3.05) is 0 Å². The number of allylic oxidation sites excluding steroid dienone is 4. The molecule has 1 aromatic rings. The third-order valence-corrected chi connectivity index (χ3v) is 9.81. The van der Waals surface area contributed by atoms with Gasteiger partial charge < -0.3 is 14.3 Å². The minimum Gasteiger partial charge on any atom is -0.457 e. The Kier molecular flexibility index (Phi) is 5.13. The van der Waals surface area contributed by atoms with Gasteiger partial charge in [-0.1, -0.05) is 25.5 Å². The van der Waals surface area contributed by atoms with E-state index in [0.29, 0.717) is 24.8 Å². The molecule has 1 N–H and O–H groups in total. The van der Waals surface area contributed by atoms with Gasteiger partial charge in [0.25, 0.3) is 0 Å². The lowest BCUT2D eigenvalue weighted by Crippen LogP contribution is -2.69. The topological polar surface area (TPSA) is 93.8 Å². The van der Waals surface area contributed by atoms with Crippen molar-refractivity contribution in [3.8, 4) is 0 Å². The van der Waals surface area contributed by atoms with Gasteiger partial charge in [0, 0.05) is 22.7 Å². The number of hydrogen-bond donors (Lipinski definition) is 2. The third kappa shape index (κ3) is 2.70. The second kappa shape index (κ2) is 7.40. The lowest BCUT2D eigenvalue weighted by atomic mass is 9.45. The molecule has 0 aliphatic heterocycles. The van der Waals surface area contributed by atoms with Gasteiger partial charge in [-0.25, -0.2) is 9.18 Å². The smallest absolute Gasteiger partial charge is 0.375 e. The van der Waals surface area contributed by atoms with E-state index in [-0.39, 0.29) is 23.9 Å². The Hall–Kier alpha value is -2.19. The molecule has 4 aliphatic carbocycles. The summed E-state index contributed by atoms with van der Waals surface area (Å²) >= 11 is 4.17. The molecule has 3 saturated carbocycles. The van der Waals surface area contributed by atoms with E-state index < -0.39 is 51.1 Å². The number of thiol groups is 1. The summed E-state index contributed by atoms with van der Waals surface area (Å²) in [6.45, 7) is 5.36. The van der Waals surface area contributed by atoms with Gasteiger partial charge in [0.1, 0.15) is 0 Å². The Morgan fingerprint density at radius 2 is 2.03 bits per heavy atom. The molecule has 5 rings (SSSR count). The highest BCUT2D eigenvalue weighted by Gasteiger charge is 2.77. The Labute approximate surface area is 203 Å². The van der Waals surface area contributed by atoms with E-state index in [2.05, 4.69) is 12.6 Å². The third-order valence-electron chi connectivity index (χ3n) is 9.47. The van der Waals surface area contributed by atoms with E-state index in [4.69, 9.17) is 9.15 Å². The highest BCUT2D eigenvalue weighted by Crippen LogP contribution is 2.71. The molecule has 8 atom stereocenters. The number of furan rings is 1. The molecule has 0 amide bonds. The lowest BCUT2D eigenvalue weighted by molar-refractivity contribution is -0.216. The van der Waals surface area contributed by atoms with Crippen molar-refractivity contribution in [1.82, 2.24) is 0 Å². The van der Waals surface area contributed by atoms with Crippen LogP contribution in [0.4, 0.5) is 4.39 Å². The predicted molar refractivity (Wildman–Crippen MR) is 124 cm³/mol. The molecule has 34 heavy (non-hydrogen) atoms. The van der Waals surface area contributed by atoms with Crippen molar-refractivity contribution in [1.29, 1.82) is 0 Å². The Morgan fingerprint density at radius 1 is 1.29 bits per heavy atom. The standard InChI is InChI=1S/C26H29FO6S/c1-14-11-18-17-7-6-15-12-16(28)8-9-23(15,2)25(17,27)20(29)13-24(18,3)26(14,22(31)34)33-21(30)19-5-4-10-32-19/h4-5,8-10,12,14,17-18,20,29H,6-7,11,13H2,1-3H3,(H,31,34)/t14-,17-,18-,20-,23-,24-,25-,26-/m0/s1. The maximum atomic E-state index is 17.3. The Bertz CT molecular complexity index is 1130. The summed E-state index contributed by atoms with van der Waals surface area (Å²) in [6.07, 6.45) is 5.65. The van der Waals surface area contributed by atoms with Gasteiger partial charge in [0.05, 0.1) is 12.4 Å². The number of esters is 1. The SMILES string of the molecule is C[C@H]1C[C@H]2[C@@H]3CCC4=CC(=O)C=C[C@]4(C)[C@@]3(F)[C@@H](O)C[C@]2(C)[C@@]1(OC(=O)c1ccco1)C(=O)S. The number of carbonyl (C=O) groups excluding carboxylic acids is 3. The number of ketones is 1. The van der Waals surface area contributed by atoms with Crippen LogP contribution in [0.5, 0.6) is 0 Å². The number of aliphatic hydroxyl groups is 1. The van der Waals surface area contributed by atoms with Crippen LogP contribution in [0.2, 0.25) is 0 Å². The lowest BCUT2D eigenvalue weighted by Gasteiger charge is -2.62. The molecule has 3 fully saturated rings. The van der Waals surface area contributed by atoms with E-state index in [1.807, 2.05) is 6.92 Å². The van der Waals surface area contributed by atoms with Crippen LogP contribution in [0.15, 0.2) is 46.6 Å². The first kappa shape index (κ1) is 23.5. The first-order chi connectivity index (χ1) is 15.9. The minimum atomic E-state index is -2.03. The average molecular weight is 489 g/mol. The first-order valence-electron chi connectivity index (χ1n) is 11.7. The molecule has 8 heteroatoms. The van der Waals surface area contributed by atoms with Gasteiger partial charge in [-0.05, 0) is 62.8 Å². The van der Waals surface area contributed by atoms with E-state index in [1.54, 1.807) is 26.0 Å². The fourth-order valence-corrected chi connectivity index (χ4v) is 8.36. The number of carbonyl (C=O) groups is 3. The number of halogens is 1. The van der Waals surface area contributed by atoms with Crippen molar-refractivity contribution in [2.45, 2.75) is 63.8 Å². The number of alkyl halides is 1. The van der Waals surface area contributed by atoms with E-state index in [9.17, 15) is 19.5 Å². The molecular weight excluding hydrogens is 459 g/mol. The van der Waals surface area contributed by atoms with Crippen molar-refractivity contribution in [2.24, 2.45) is 28.6 Å². The predicted octanol–water partition coefficient (Wildman–Crippen LogP) is 4.25. The number of aliphatic hydroxyl groups excluding tert-OH is 1. The quantitative estimate of drug-likeness (QED) is 0.488. The Balaban J connectivity index is 1.60. The maximum Gasteiger partial charge on any atom is 0.375 e. The molecule has 6 nitrogen and oxygen atoms in total. The molecule has 4 aliphatic rings. The van der Waals surface area contributed by atoms with Gasteiger partial charge in [-0.3, -0.25) is 9.59 Å². The summed E-state index contributed by atoms with van der Waals surface area (Å²) in [5.41, 5.74) is -5.16. The highest BCUT2D eigenvalue weighted by molar-refractivity contribution is 7.96. The molecule has 0 unspecified atom stereocenters. The van der Waals surface area contributed by atoms with Crippen molar-refractivity contribution in [3.05, 3.63) is 48.0 Å². The molecule has 0 saturated heterocycles. The zero-order valence-electron chi connectivity index (χ0n) is 19.4. The molecule has 182 valence electrons. The van der Waals surface area contributed by atoms with E-state index >= 15 is 4.39 Å². The summed E-state index contributed by atoms with van der Waals surface area (Å²) in [7, 11) is 0. The van der Waals surface area contributed by atoms with Gasteiger partial charge in [-0.15, -0.1) is 12.6 Å². The fourth-order valence-electron chi connectivity index (χ4n) is 7.84. The van der Waals surface area contributed by atoms with Crippen LogP contribution in [-0.4, -0.2) is 39.3 Å².